The number of nitrogen functional groups attached to an aromatic ring is 1. The third-order valence-corrected chi connectivity index (χ3v) is 4.40. The molecular formula is C12H18FN3O3S. The van der Waals surface area contributed by atoms with Crippen molar-refractivity contribution in [2.24, 2.45) is 11.7 Å². The topological polar surface area (TPSA) is 106 Å². The van der Waals surface area contributed by atoms with Crippen LogP contribution in [0, 0.1) is 11.7 Å². The van der Waals surface area contributed by atoms with E-state index < -0.39 is 33.2 Å². The second kappa shape index (κ2) is 6.19. The monoisotopic (exact) mass is 303 g/mol. The highest BCUT2D eigenvalue weighted by Crippen LogP contribution is 2.25. The highest BCUT2D eigenvalue weighted by molar-refractivity contribution is 7.89. The minimum absolute atomic E-state index is 0.0407. The van der Waals surface area contributed by atoms with Crippen LogP contribution in [-0.2, 0) is 14.8 Å². The lowest BCUT2D eigenvalue weighted by molar-refractivity contribution is -0.118. The zero-order chi connectivity index (χ0) is 15.5. The van der Waals surface area contributed by atoms with E-state index in [-0.39, 0.29) is 18.2 Å². The Balaban J connectivity index is 3.32. The van der Waals surface area contributed by atoms with Gasteiger partial charge in [-0.3, -0.25) is 4.79 Å². The number of carbonyl (C=O) groups excluding carboxylic acids is 1. The van der Waals surface area contributed by atoms with Gasteiger partial charge in [-0.15, -0.1) is 0 Å². The number of amides is 1. The van der Waals surface area contributed by atoms with Crippen LogP contribution in [0.3, 0.4) is 0 Å². The number of sulfonamides is 1. The van der Waals surface area contributed by atoms with Gasteiger partial charge in [0.05, 0.1) is 12.2 Å². The lowest BCUT2D eigenvalue weighted by Gasteiger charge is -2.23. The molecule has 0 aliphatic carbocycles. The first-order valence-electron chi connectivity index (χ1n) is 5.98. The Morgan fingerprint density at radius 3 is 2.45 bits per heavy atom. The number of benzene rings is 1. The molecule has 6 nitrogen and oxygen atoms in total. The summed E-state index contributed by atoms with van der Waals surface area (Å²) in [6.45, 7) is 3.07. The van der Waals surface area contributed by atoms with Crippen molar-refractivity contribution in [1.82, 2.24) is 4.31 Å². The highest BCUT2D eigenvalue weighted by atomic mass is 32.2. The van der Waals surface area contributed by atoms with Gasteiger partial charge in [-0.2, -0.15) is 4.31 Å². The number of nitrogens with two attached hydrogens (primary N) is 2. The minimum Gasteiger partial charge on any atom is -0.398 e. The number of nitrogens with zero attached hydrogens (tertiary/aromatic N) is 1. The fourth-order valence-electron chi connectivity index (χ4n) is 1.76. The molecule has 8 heteroatoms. The van der Waals surface area contributed by atoms with E-state index in [1.165, 1.54) is 12.1 Å². The molecule has 1 aromatic rings. The van der Waals surface area contributed by atoms with Crippen molar-refractivity contribution < 1.29 is 17.6 Å². The predicted molar refractivity (Wildman–Crippen MR) is 73.6 cm³/mol. The molecule has 0 aliphatic rings. The Morgan fingerprint density at radius 1 is 1.40 bits per heavy atom. The average molecular weight is 303 g/mol. The van der Waals surface area contributed by atoms with Crippen LogP contribution in [0.5, 0.6) is 0 Å². The van der Waals surface area contributed by atoms with Crippen molar-refractivity contribution >= 4 is 21.6 Å². The van der Waals surface area contributed by atoms with Crippen molar-refractivity contribution in [3.05, 3.63) is 24.0 Å². The van der Waals surface area contributed by atoms with Crippen molar-refractivity contribution in [3.63, 3.8) is 0 Å². The molecule has 0 heterocycles. The van der Waals surface area contributed by atoms with Crippen LogP contribution in [0.15, 0.2) is 23.1 Å². The van der Waals surface area contributed by atoms with Gasteiger partial charge in [-0.05, 0) is 18.1 Å². The van der Waals surface area contributed by atoms with E-state index in [4.69, 9.17) is 11.5 Å². The largest absolute Gasteiger partial charge is 0.398 e. The van der Waals surface area contributed by atoms with Gasteiger partial charge in [0.2, 0.25) is 15.9 Å². The summed E-state index contributed by atoms with van der Waals surface area (Å²) in [5.74, 6) is -1.83. The van der Waals surface area contributed by atoms with Crippen molar-refractivity contribution in [2.45, 2.75) is 18.7 Å². The lowest BCUT2D eigenvalue weighted by atomic mass is 10.2. The Hall–Kier alpha value is -1.67. The third kappa shape index (κ3) is 3.67. The van der Waals surface area contributed by atoms with Crippen LogP contribution in [0.1, 0.15) is 13.8 Å². The first-order valence-corrected chi connectivity index (χ1v) is 7.42. The van der Waals surface area contributed by atoms with E-state index in [1.54, 1.807) is 13.8 Å². The van der Waals surface area contributed by atoms with Crippen LogP contribution in [0.25, 0.3) is 0 Å². The maximum atomic E-state index is 13.8. The van der Waals surface area contributed by atoms with Crippen LogP contribution in [0.2, 0.25) is 0 Å². The molecule has 20 heavy (non-hydrogen) atoms. The van der Waals surface area contributed by atoms with E-state index in [0.717, 1.165) is 10.4 Å². The van der Waals surface area contributed by atoms with Gasteiger partial charge in [-0.1, -0.05) is 19.9 Å². The van der Waals surface area contributed by atoms with Gasteiger partial charge >= 0.3 is 0 Å². The van der Waals surface area contributed by atoms with Crippen molar-refractivity contribution in [3.8, 4) is 0 Å². The molecule has 112 valence electrons. The first kappa shape index (κ1) is 16.4. The fraction of sp³-hybridized carbons (Fsp3) is 0.417. The van der Waals surface area contributed by atoms with Gasteiger partial charge in [0, 0.05) is 6.54 Å². The van der Waals surface area contributed by atoms with Crippen LogP contribution in [0.4, 0.5) is 10.1 Å². The Labute approximate surface area is 117 Å². The van der Waals surface area contributed by atoms with Crippen molar-refractivity contribution in [2.75, 3.05) is 18.8 Å². The molecule has 0 spiro atoms. The summed E-state index contributed by atoms with van der Waals surface area (Å²) in [5.41, 5.74) is 10.4. The van der Waals surface area contributed by atoms with Crippen LogP contribution < -0.4 is 11.5 Å². The summed E-state index contributed by atoms with van der Waals surface area (Å²) >= 11 is 0. The van der Waals surface area contributed by atoms with Crippen LogP contribution >= 0.6 is 0 Å². The number of hydrogen-bond acceptors (Lipinski definition) is 4. The lowest BCUT2D eigenvalue weighted by Crippen LogP contribution is -2.41. The summed E-state index contributed by atoms with van der Waals surface area (Å²) in [6, 6.07) is 3.60. The third-order valence-electron chi connectivity index (χ3n) is 2.50. The smallest absolute Gasteiger partial charge is 0.248 e. The van der Waals surface area contributed by atoms with E-state index in [9.17, 15) is 17.6 Å². The first-order chi connectivity index (χ1) is 9.16. The fourth-order valence-corrected chi connectivity index (χ4v) is 3.49. The number of carbonyl (C=O) groups is 1. The quantitative estimate of drug-likeness (QED) is 0.748. The van der Waals surface area contributed by atoms with E-state index in [1.807, 2.05) is 0 Å². The summed E-state index contributed by atoms with van der Waals surface area (Å²) in [5, 5.41) is 0. The zero-order valence-corrected chi connectivity index (χ0v) is 12.2. The molecule has 0 saturated carbocycles. The number of rotatable bonds is 6. The molecule has 0 saturated heterocycles. The molecule has 0 aromatic heterocycles. The molecule has 4 N–H and O–H groups in total. The standard InChI is InChI=1S/C12H18FN3O3S/c1-8(2)6-16(7-11(15)17)20(18,19)12-9(13)4-3-5-10(12)14/h3-5,8H,6-7,14H2,1-2H3,(H2,15,17). The molecule has 1 aromatic carbocycles. The van der Waals surface area contributed by atoms with Gasteiger partial charge in [-0.25, -0.2) is 12.8 Å². The molecule has 0 atom stereocenters. The summed E-state index contributed by atoms with van der Waals surface area (Å²) in [6.07, 6.45) is 0. The highest BCUT2D eigenvalue weighted by Gasteiger charge is 2.31. The van der Waals surface area contributed by atoms with Gasteiger partial charge in [0.25, 0.3) is 0 Å². The Kier molecular flexibility index (Phi) is 5.07. The maximum Gasteiger partial charge on any atom is 0.248 e. The molecular weight excluding hydrogens is 285 g/mol. The molecule has 1 amide bonds. The molecule has 0 fully saturated rings. The number of halogens is 1. The second-order valence-electron chi connectivity index (χ2n) is 4.82. The summed E-state index contributed by atoms with van der Waals surface area (Å²) < 4.78 is 39.5. The maximum absolute atomic E-state index is 13.8. The number of hydrogen-bond donors (Lipinski definition) is 2. The minimum atomic E-state index is -4.22. The number of primary amides is 1. The molecule has 1 rings (SSSR count). The van der Waals surface area contributed by atoms with E-state index >= 15 is 0 Å². The predicted octanol–water partition coefficient (Wildman–Crippen LogP) is 0.540. The van der Waals surface area contributed by atoms with E-state index in [0.29, 0.717) is 0 Å². The Bertz CT molecular complexity index is 582. The molecule has 0 radical (unpaired) electrons. The average Bonchev–Trinajstić information content (AvgIpc) is 2.26. The summed E-state index contributed by atoms with van der Waals surface area (Å²) in [7, 11) is -4.22. The number of anilines is 1. The van der Waals surface area contributed by atoms with Gasteiger partial charge in [0.15, 0.2) is 0 Å². The molecule has 0 unspecified atom stereocenters. The Morgan fingerprint density at radius 2 is 2.00 bits per heavy atom. The summed E-state index contributed by atoms with van der Waals surface area (Å²) in [4.78, 5) is 10.4. The molecule has 0 bridgehead atoms. The zero-order valence-electron chi connectivity index (χ0n) is 11.3. The van der Waals surface area contributed by atoms with E-state index in [2.05, 4.69) is 0 Å². The normalized spacial score (nSPS) is 12.1. The SMILES string of the molecule is CC(C)CN(CC(N)=O)S(=O)(=O)c1c(N)cccc1F. The van der Waals surface area contributed by atoms with Gasteiger partial charge < -0.3 is 11.5 Å². The van der Waals surface area contributed by atoms with Crippen LogP contribution in [-0.4, -0.2) is 31.7 Å². The molecule has 0 aliphatic heterocycles. The second-order valence-corrected chi connectivity index (χ2v) is 6.69. The van der Waals surface area contributed by atoms with Crippen molar-refractivity contribution in [1.29, 1.82) is 0 Å². The van der Waals surface area contributed by atoms with Gasteiger partial charge in [0.1, 0.15) is 10.7 Å².